The van der Waals surface area contributed by atoms with Crippen molar-refractivity contribution >= 4 is 147 Å². The Hall–Kier alpha value is 7.25. The molecule has 0 aliphatic carbocycles. The van der Waals surface area contributed by atoms with Crippen LogP contribution in [0.2, 0.25) is 0 Å². The second-order valence-corrected chi connectivity index (χ2v) is 0. The molecule has 84 valence electrons. The standard InChI is InChI=1S/3Ba.9H2O.W.2Y/h;;;9*1H2;;;/q3*+2;;;;;;;;;;;;/p-6. The molecular formula is H12Ba3O9WY2. The van der Waals surface area contributed by atoms with Crippen LogP contribution in [0, 0.1) is 0 Å². The van der Waals surface area contributed by atoms with E-state index in [9.17, 15) is 0 Å². The third kappa shape index (κ3) is 150. The van der Waals surface area contributed by atoms with Gasteiger partial charge in [-0.1, -0.05) is 0 Å². The fraction of sp³-hybridized carbons (Fsp3) is 0. The molecular weight excluding hydrogens is 918 g/mol. The zero-order valence-electron chi connectivity index (χ0n) is 7.87. The predicted octanol–water partition coefficient (Wildman–Crippen LogP) is -4.68. The predicted molar refractivity (Wildman–Crippen MR) is 39.7 cm³/mol. The van der Waals surface area contributed by atoms with E-state index >= 15 is 0 Å². The summed E-state index contributed by atoms with van der Waals surface area (Å²) in [7, 11) is 0. The van der Waals surface area contributed by atoms with Gasteiger partial charge in [0.2, 0.25) is 0 Å². The van der Waals surface area contributed by atoms with Gasteiger partial charge in [0, 0.05) is 86.5 Å². The molecule has 0 spiro atoms. The first-order valence-electron chi connectivity index (χ1n) is 0. The van der Waals surface area contributed by atoms with Gasteiger partial charge in [0.05, 0.1) is 0 Å². The molecule has 0 amide bonds. The molecule has 2 radical (unpaired) electrons. The van der Waals surface area contributed by atoms with Gasteiger partial charge in [-0.05, 0) is 0 Å². The van der Waals surface area contributed by atoms with Crippen molar-refractivity contribution in [1.82, 2.24) is 0 Å². The van der Waals surface area contributed by atoms with Crippen LogP contribution in [0.4, 0.5) is 0 Å². The maximum atomic E-state index is 0. The molecule has 15 heavy (non-hydrogen) atoms. The van der Waals surface area contributed by atoms with Gasteiger partial charge in [0.1, 0.15) is 0 Å². The van der Waals surface area contributed by atoms with E-state index < -0.39 is 0 Å². The summed E-state index contributed by atoms with van der Waals surface area (Å²) in [5.41, 5.74) is 0. The first kappa shape index (κ1) is 191. The van der Waals surface area contributed by atoms with Crippen LogP contribution >= 0.6 is 0 Å². The zero-order chi connectivity index (χ0) is 0. The van der Waals surface area contributed by atoms with E-state index in [0.717, 1.165) is 0 Å². The molecule has 0 fully saturated rings. The Kier molecular flexibility index (Phi) is 2110. The largest absolute Gasteiger partial charge is 2.00 e. The number of rotatable bonds is 0. The first-order chi connectivity index (χ1) is 0. The van der Waals surface area contributed by atoms with Crippen molar-refractivity contribution in [1.29, 1.82) is 0 Å². The van der Waals surface area contributed by atoms with Crippen LogP contribution in [0.15, 0.2) is 0 Å². The van der Waals surface area contributed by atoms with Crippen LogP contribution in [0.1, 0.15) is 0 Å². The molecule has 12 N–H and O–H groups in total. The molecule has 0 atom stereocenters. The fourth-order valence-electron chi connectivity index (χ4n) is 0. The van der Waals surface area contributed by atoms with Crippen LogP contribution in [-0.2, 0) is 86.5 Å². The molecule has 0 aliphatic heterocycles. The molecule has 0 aromatic heterocycles. The monoisotopic (exact) mass is 932 g/mol. The van der Waals surface area contributed by atoms with E-state index in [1.807, 2.05) is 0 Å². The second-order valence-electron chi connectivity index (χ2n) is 0. The van der Waals surface area contributed by atoms with Gasteiger partial charge in [-0.2, -0.15) is 0 Å². The fourth-order valence-corrected chi connectivity index (χ4v) is 0. The maximum absolute atomic E-state index is 0. The summed E-state index contributed by atoms with van der Waals surface area (Å²) in [4.78, 5) is 0. The van der Waals surface area contributed by atoms with E-state index in [2.05, 4.69) is 0 Å². The quantitative estimate of drug-likeness (QED) is 0.215. The average Bonchev–Trinajstić information content (AvgIpc) is 0. The molecule has 15 heteroatoms. The topological polar surface area (TPSA) is 274 Å². The van der Waals surface area contributed by atoms with Crippen molar-refractivity contribution in [3.63, 3.8) is 0 Å². The van der Waals surface area contributed by atoms with Gasteiger partial charge in [0.15, 0.2) is 0 Å². The summed E-state index contributed by atoms with van der Waals surface area (Å²) in [6.45, 7) is 0. The van der Waals surface area contributed by atoms with Crippen molar-refractivity contribution in [3.8, 4) is 0 Å². The minimum Gasteiger partial charge on any atom is -0.870 e. The van der Waals surface area contributed by atoms with Gasteiger partial charge in [-0.3, -0.25) is 0 Å². The molecule has 0 saturated carbocycles. The van der Waals surface area contributed by atoms with Gasteiger partial charge in [-0.15, -0.1) is 0 Å². The molecule has 0 rings (SSSR count). The van der Waals surface area contributed by atoms with Crippen molar-refractivity contribution in [2.45, 2.75) is 0 Å². The average molecular weight is 930 g/mol. The molecule has 0 heterocycles. The van der Waals surface area contributed by atoms with Gasteiger partial charge in [-0.25, -0.2) is 0 Å². The Balaban J connectivity index is 0. The first-order valence-corrected chi connectivity index (χ1v) is 0. The summed E-state index contributed by atoms with van der Waals surface area (Å²) in [6, 6.07) is 0. The van der Waals surface area contributed by atoms with Gasteiger partial charge < -0.3 is 49.3 Å². The molecule has 0 unspecified atom stereocenters. The summed E-state index contributed by atoms with van der Waals surface area (Å²) in [5.74, 6) is 0. The van der Waals surface area contributed by atoms with Gasteiger partial charge in [0.25, 0.3) is 0 Å². The van der Waals surface area contributed by atoms with E-state index in [0.29, 0.717) is 0 Å². The van der Waals surface area contributed by atoms with Crippen LogP contribution < -0.4 is 0 Å². The van der Waals surface area contributed by atoms with E-state index in [1.54, 1.807) is 0 Å². The van der Waals surface area contributed by atoms with Crippen LogP contribution in [0.25, 0.3) is 0 Å². The Bertz CT molecular complexity index is 23.3. The Morgan fingerprint density at radius 1 is 0.333 bits per heavy atom. The number of hydrogen-bond donors (Lipinski definition) is 0. The van der Waals surface area contributed by atoms with Crippen LogP contribution in [0.5, 0.6) is 0 Å². The van der Waals surface area contributed by atoms with Crippen molar-refractivity contribution in [3.05, 3.63) is 0 Å². The number of hydrogen-bond acceptors (Lipinski definition) is 6. The molecule has 0 aromatic carbocycles. The molecule has 0 saturated heterocycles. The zero-order valence-corrected chi connectivity index (χ0v) is 29.8. The normalized spacial score (nSPS) is 0. The minimum absolute atomic E-state index is 0. The summed E-state index contributed by atoms with van der Waals surface area (Å²) in [6.07, 6.45) is 0. The SMILES string of the molecule is O.O.O.[Ba+2].[Ba+2].[Ba+2].[OH-].[OH-].[OH-].[OH-].[OH-].[OH-].[W].[Y].[Y]. The van der Waals surface area contributed by atoms with Crippen LogP contribution in [0.3, 0.4) is 0 Å². The van der Waals surface area contributed by atoms with Crippen LogP contribution in [-0.4, -0.2) is 196 Å². The second kappa shape index (κ2) is 166. The van der Waals surface area contributed by atoms with Crippen molar-refractivity contribution in [2.24, 2.45) is 0 Å². The summed E-state index contributed by atoms with van der Waals surface area (Å²) < 4.78 is 0. The van der Waals surface area contributed by atoms with Gasteiger partial charge >= 0.3 is 147 Å². The summed E-state index contributed by atoms with van der Waals surface area (Å²) >= 11 is 0. The van der Waals surface area contributed by atoms with E-state index in [-0.39, 0.29) is 282 Å². The molecule has 0 aliphatic rings. The third-order valence-electron chi connectivity index (χ3n) is 0. The maximum Gasteiger partial charge on any atom is 2.00 e. The minimum atomic E-state index is 0. The van der Waals surface area contributed by atoms with E-state index in [4.69, 9.17) is 0 Å². The van der Waals surface area contributed by atoms with Crippen molar-refractivity contribution in [2.75, 3.05) is 0 Å². The summed E-state index contributed by atoms with van der Waals surface area (Å²) in [5, 5.41) is 0. The van der Waals surface area contributed by atoms with E-state index in [1.165, 1.54) is 0 Å². The molecule has 0 bridgehead atoms. The molecule has 9 nitrogen and oxygen atoms in total. The Morgan fingerprint density at radius 2 is 0.333 bits per heavy atom. The Morgan fingerprint density at radius 3 is 0.333 bits per heavy atom. The Labute approximate surface area is 274 Å². The van der Waals surface area contributed by atoms with Crippen molar-refractivity contribution < 1.29 is 136 Å². The smallest absolute Gasteiger partial charge is 0.870 e. The molecule has 0 aromatic rings. The third-order valence-corrected chi connectivity index (χ3v) is 0.